The maximum atomic E-state index is 14.8. The summed E-state index contributed by atoms with van der Waals surface area (Å²) in [6.45, 7) is 2.07. The highest BCUT2D eigenvalue weighted by molar-refractivity contribution is 5.74. The zero-order chi connectivity index (χ0) is 22.8. The number of benzene rings is 3. The van der Waals surface area contributed by atoms with Crippen molar-refractivity contribution in [1.29, 1.82) is 0 Å². The summed E-state index contributed by atoms with van der Waals surface area (Å²) in [7, 11) is 0. The molecule has 0 fully saturated rings. The average molecular weight is 442 g/mol. The first-order valence-electron chi connectivity index (χ1n) is 10.8. The van der Waals surface area contributed by atoms with Gasteiger partial charge in [-0.15, -0.1) is 0 Å². The largest absolute Gasteiger partial charge is 0.206 e. The lowest BCUT2D eigenvalue weighted by atomic mass is 9.85. The Bertz CT molecular complexity index is 1170. The minimum absolute atomic E-state index is 0.0695. The molecule has 0 saturated heterocycles. The maximum absolute atomic E-state index is 14.8. The van der Waals surface area contributed by atoms with Crippen LogP contribution in [0, 0.1) is 29.1 Å². The summed E-state index contributed by atoms with van der Waals surface area (Å²) in [5.41, 5.74) is 2.84. The fourth-order valence-electron chi connectivity index (χ4n) is 4.26. The molecule has 0 N–H and O–H groups in total. The van der Waals surface area contributed by atoms with E-state index in [9.17, 15) is 22.0 Å². The quantitative estimate of drug-likeness (QED) is 0.268. The third kappa shape index (κ3) is 4.47. The van der Waals surface area contributed by atoms with Gasteiger partial charge in [-0.1, -0.05) is 31.9 Å². The topological polar surface area (TPSA) is 0 Å². The van der Waals surface area contributed by atoms with E-state index in [1.54, 1.807) is 12.1 Å². The number of hydrogen-bond donors (Lipinski definition) is 0. The Kier molecular flexibility index (Phi) is 6.45. The molecule has 0 aromatic heterocycles. The van der Waals surface area contributed by atoms with Gasteiger partial charge in [0.15, 0.2) is 11.6 Å². The molecule has 0 atom stereocenters. The second kappa shape index (κ2) is 9.27. The van der Waals surface area contributed by atoms with Crippen LogP contribution in [0.4, 0.5) is 22.0 Å². The maximum Gasteiger partial charge on any atom is 0.159 e. The molecule has 0 unspecified atom stereocenters. The second-order valence-corrected chi connectivity index (χ2v) is 8.23. The molecule has 0 heterocycles. The van der Waals surface area contributed by atoms with Gasteiger partial charge in [0, 0.05) is 11.1 Å². The van der Waals surface area contributed by atoms with Crippen LogP contribution < -0.4 is 0 Å². The molecule has 5 heteroatoms. The molecule has 0 radical (unpaired) electrons. The Morgan fingerprint density at radius 2 is 1.47 bits per heavy atom. The van der Waals surface area contributed by atoms with E-state index in [4.69, 9.17) is 0 Å². The number of unbranched alkanes of at least 4 members (excludes halogenated alkanes) is 2. The van der Waals surface area contributed by atoms with Gasteiger partial charge < -0.3 is 0 Å². The van der Waals surface area contributed by atoms with Crippen molar-refractivity contribution in [3.63, 3.8) is 0 Å². The number of allylic oxidation sites excluding steroid dienone is 2. The van der Waals surface area contributed by atoms with E-state index in [-0.39, 0.29) is 23.1 Å². The fourth-order valence-corrected chi connectivity index (χ4v) is 4.26. The van der Waals surface area contributed by atoms with Gasteiger partial charge in [0.05, 0.1) is 0 Å². The van der Waals surface area contributed by atoms with Crippen LogP contribution in [0.15, 0.2) is 48.5 Å². The molecule has 0 amide bonds. The van der Waals surface area contributed by atoms with Crippen molar-refractivity contribution in [3.8, 4) is 11.1 Å². The van der Waals surface area contributed by atoms with Crippen molar-refractivity contribution in [2.75, 3.05) is 0 Å². The van der Waals surface area contributed by atoms with Crippen LogP contribution in [0.1, 0.15) is 48.4 Å². The molecule has 3 aromatic rings. The van der Waals surface area contributed by atoms with E-state index in [1.165, 1.54) is 24.3 Å². The van der Waals surface area contributed by atoms with E-state index < -0.39 is 29.1 Å². The van der Waals surface area contributed by atoms with Gasteiger partial charge in [0.2, 0.25) is 0 Å². The monoisotopic (exact) mass is 442 g/mol. The molecule has 0 spiro atoms. The first kappa shape index (κ1) is 22.3. The van der Waals surface area contributed by atoms with Crippen molar-refractivity contribution < 1.29 is 22.0 Å². The van der Waals surface area contributed by atoms with Crippen LogP contribution in [0.5, 0.6) is 0 Å². The summed E-state index contributed by atoms with van der Waals surface area (Å²) >= 11 is 0. The van der Waals surface area contributed by atoms with E-state index in [1.807, 2.05) is 0 Å². The average Bonchev–Trinajstić information content (AvgIpc) is 2.75. The van der Waals surface area contributed by atoms with Crippen LogP contribution in [-0.2, 0) is 19.3 Å². The Morgan fingerprint density at radius 1 is 0.719 bits per heavy atom. The van der Waals surface area contributed by atoms with Gasteiger partial charge in [0.25, 0.3) is 0 Å². The summed E-state index contributed by atoms with van der Waals surface area (Å²) < 4.78 is 71.2. The highest BCUT2D eigenvalue weighted by atomic mass is 19.2. The molecule has 0 saturated carbocycles. The van der Waals surface area contributed by atoms with Crippen LogP contribution in [0.3, 0.4) is 0 Å². The smallest absolute Gasteiger partial charge is 0.159 e. The number of fused-ring (bicyclic) bond motifs is 1. The lowest BCUT2D eigenvalue weighted by Crippen LogP contribution is -2.08. The predicted octanol–water partition coefficient (Wildman–Crippen LogP) is 7.96. The summed E-state index contributed by atoms with van der Waals surface area (Å²) in [6, 6.07) is 8.91. The summed E-state index contributed by atoms with van der Waals surface area (Å²) in [4.78, 5) is 0. The first-order chi connectivity index (χ1) is 15.4. The minimum atomic E-state index is -1.05. The van der Waals surface area contributed by atoms with Crippen molar-refractivity contribution in [2.24, 2.45) is 0 Å². The van der Waals surface area contributed by atoms with E-state index in [0.717, 1.165) is 37.0 Å². The zero-order valence-corrected chi connectivity index (χ0v) is 17.8. The number of hydrogen-bond acceptors (Lipinski definition) is 0. The SMILES string of the molecule is CCCCCc1cc(F)c(C2=CCc3cc(-c4ccc(F)c(F)c4)c(F)cc3C2)c(F)c1. The van der Waals surface area contributed by atoms with Gasteiger partial charge in [-0.2, -0.15) is 0 Å². The van der Waals surface area contributed by atoms with Gasteiger partial charge in [-0.3, -0.25) is 0 Å². The predicted molar refractivity (Wildman–Crippen MR) is 117 cm³/mol. The van der Waals surface area contributed by atoms with Gasteiger partial charge >= 0.3 is 0 Å². The van der Waals surface area contributed by atoms with E-state index >= 15 is 0 Å². The highest BCUT2D eigenvalue weighted by Gasteiger charge is 2.22. The molecular weight excluding hydrogens is 419 g/mol. The van der Waals surface area contributed by atoms with Crippen LogP contribution in [0.25, 0.3) is 16.7 Å². The molecule has 166 valence electrons. The zero-order valence-electron chi connectivity index (χ0n) is 17.8. The Labute approximate surface area is 184 Å². The fraction of sp³-hybridized carbons (Fsp3) is 0.259. The highest BCUT2D eigenvalue weighted by Crippen LogP contribution is 2.35. The molecule has 1 aliphatic rings. The molecule has 4 rings (SSSR count). The Morgan fingerprint density at radius 3 is 2.16 bits per heavy atom. The van der Waals surface area contributed by atoms with Crippen LogP contribution >= 0.6 is 0 Å². The van der Waals surface area contributed by atoms with E-state index in [0.29, 0.717) is 29.5 Å². The lowest BCUT2D eigenvalue weighted by molar-refractivity contribution is 0.509. The number of aryl methyl sites for hydroxylation is 1. The molecule has 0 nitrogen and oxygen atoms in total. The van der Waals surface area contributed by atoms with Gasteiger partial charge in [-0.05, 0) is 89.9 Å². The number of halogens is 5. The molecule has 0 aliphatic heterocycles. The van der Waals surface area contributed by atoms with Crippen molar-refractivity contribution in [2.45, 2.75) is 45.4 Å². The Hall–Kier alpha value is -2.95. The second-order valence-electron chi connectivity index (χ2n) is 8.23. The van der Waals surface area contributed by atoms with E-state index in [2.05, 4.69) is 6.92 Å². The lowest BCUT2D eigenvalue weighted by Gasteiger charge is -2.20. The van der Waals surface area contributed by atoms with Crippen molar-refractivity contribution in [3.05, 3.63) is 99.9 Å². The van der Waals surface area contributed by atoms with Crippen molar-refractivity contribution >= 4 is 5.57 Å². The van der Waals surface area contributed by atoms with Crippen molar-refractivity contribution in [1.82, 2.24) is 0 Å². The van der Waals surface area contributed by atoms with Gasteiger partial charge in [-0.25, -0.2) is 22.0 Å². The summed E-state index contributed by atoms with van der Waals surface area (Å²) in [6.07, 6.45) is 5.83. The summed E-state index contributed by atoms with van der Waals surface area (Å²) in [5.74, 6) is -3.86. The minimum Gasteiger partial charge on any atom is -0.206 e. The van der Waals surface area contributed by atoms with Crippen LogP contribution in [0.2, 0.25) is 0 Å². The molecule has 0 bridgehead atoms. The third-order valence-electron chi connectivity index (χ3n) is 5.96. The normalized spacial score (nSPS) is 13.1. The van der Waals surface area contributed by atoms with Crippen LogP contribution in [-0.4, -0.2) is 0 Å². The molecular formula is C27H23F5. The third-order valence-corrected chi connectivity index (χ3v) is 5.96. The Balaban J connectivity index is 1.62. The molecule has 1 aliphatic carbocycles. The van der Waals surface area contributed by atoms with Gasteiger partial charge in [0.1, 0.15) is 17.5 Å². The standard InChI is InChI=1S/C27H23F5/c1-2-3-4-5-16-10-25(31)27(26(32)11-16)19-7-6-17-13-21(23(29)15-20(17)12-19)18-8-9-22(28)24(30)14-18/h7-11,13-15H,2-6,12H2,1H3. The molecule has 3 aromatic carbocycles. The molecule has 32 heavy (non-hydrogen) atoms. The summed E-state index contributed by atoms with van der Waals surface area (Å²) in [5, 5.41) is 0. The number of rotatable bonds is 6. The first-order valence-corrected chi connectivity index (χ1v) is 10.8.